The molecule has 102 valence electrons. The molecule has 0 N–H and O–H groups in total. The van der Waals surface area contributed by atoms with Crippen LogP contribution in [0.25, 0.3) is 0 Å². The van der Waals surface area contributed by atoms with Crippen LogP contribution >= 0.6 is 60.6 Å². The number of hydrogen-bond donors (Lipinski definition) is 3. The third-order valence-corrected chi connectivity index (χ3v) is 5.32. The summed E-state index contributed by atoms with van der Waals surface area (Å²) >= 11 is 15.8. The van der Waals surface area contributed by atoms with Crippen LogP contribution in [0.5, 0.6) is 0 Å². The fraction of sp³-hybridized carbons (Fsp3) is 0.0909. The number of aromatic nitrogens is 4. The van der Waals surface area contributed by atoms with E-state index in [1.807, 2.05) is 24.3 Å². The summed E-state index contributed by atoms with van der Waals surface area (Å²) in [4.78, 5) is 0.879. The Hall–Kier alpha value is -0.610. The van der Waals surface area contributed by atoms with Gasteiger partial charge in [0.25, 0.3) is 0 Å². The van der Waals surface area contributed by atoms with Crippen molar-refractivity contribution in [3.63, 3.8) is 0 Å². The van der Waals surface area contributed by atoms with Gasteiger partial charge in [-0.3, -0.25) is 0 Å². The zero-order valence-corrected chi connectivity index (χ0v) is 14.2. The highest BCUT2D eigenvalue weighted by molar-refractivity contribution is 7.83. The molecule has 1 aromatic carbocycles. The Morgan fingerprint density at radius 3 is 1.80 bits per heavy atom. The summed E-state index contributed by atoms with van der Waals surface area (Å²) in [7, 11) is 0. The Morgan fingerprint density at radius 1 is 0.800 bits per heavy atom. The van der Waals surface area contributed by atoms with E-state index in [2.05, 4.69) is 58.3 Å². The lowest BCUT2D eigenvalue weighted by atomic mass is 10.0. The fourth-order valence-electron chi connectivity index (χ4n) is 1.79. The fourth-order valence-corrected chi connectivity index (χ4v) is 4.22. The summed E-state index contributed by atoms with van der Waals surface area (Å²) in [6.45, 7) is 0. The summed E-state index contributed by atoms with van der Waals surface area (Å²) in [5, 5.41) is 18.0. The predicted molar refractivity (Wildman–Crippen MR) is 89.0 cm³/mol. The molecule has 3 aromatic rings. The maximum atomic E-state index is 4.53. The first-order valence-electron chi connectivity index (χ1n) is 5.48. The van der Waals surface area contributed by atoms with E-state index in [9.17, 15) is 0 Å². The van der Waals surface area contributed by atoms with Crippen LogP contribution in [0.15, 0.2) is 37.8 Å². The Kier molecular flexibility index (Phi) is 4.32. The summed E-state index contributed by atoms with van der Waals surface area (Å²) in [5.41, 5.74) is 1.02. The Morgan fingerprint density at radius 2 is 1.35 bits per heavy atom. The molecular weight excluding hydrogens is 348 g/mol. The first-order chi connectivity index (χ1) is 9.65. The topological polar surface area (TPSA) is 51.6 Å². The van der Waals surface area contributed by atoms with Crippen molar-refractivity contribution in [1.82, 2.24) is 20.4 Å². The van der Waals surface area contributed by atoms with Gasteiger partial charge in [0.05, 0.1) is 5.92 Å². The molecule has 0 aliphatic heterocycles. The molecule has 3 rings (SSSR count). The van der Waals surface area contributed by atoms with Crippen LogP contribution < -0.4 is 0 Å². The third-order valence-electron chi connectivity index (χ3n) is 2.60. The number of rotatable bonds is 3. The van der Waals surface area contributed by atoms with Gasteiger partial charge in [-0.2, -0.15) is 0 Å². The van der Waals surface area contributed by atoms with Crippen molar-refractivity contribution in [2.45, 2.75) is 19.5 Å². The minimum Gasteiger partial charge on any atom is -0.143 e. The first kappa shape index (κ1) is 14.3. The molecule has 0 atom stereocenters. The van der Waals surface area contributed by atoms with E-state index in [0.29, 0.717) is 8.68 Å². The highest BCUT2D eigenvalue weighted by atomic mass is 32.2. The van der Waals surface area contributed by atoms with E-state index in [0.717, 1.165) is 20.5 Å². The monoisotopic (exact) mass is 356 g/mol. The average molecular weight is 357 g/mol. The van der Waals surface area contributed by atoms with Gasteiger partial charge in [-0.15, -0.1) is 58.3 Å². The van der Waals surface area contributed by atoms with Gasteiger partial charge in [0, 0.05) is 4.90 Å². The minimum atomic E-state index is -0.138. The third kappa shape index (κ3) is 2.86. The van der Waals surface area contributed by atoms with Crippen molar-refractivity contribution in [1.29, 1.82) is 0 Å². The van der Waals surface area contributed by atoms with E-state index < -0.39 is 0 Å². The summed E-state index contributed by atoms with van der Waals surface area (Å²) in [5.74, 6) is -0.138. The SMILES string of the molecule is Sc1nnc(C(c2nnc(S)s2)c2ccccc2S)s1. The summed E-state index contributed by atoms with van der Waals surface area (Å²) < 4.78 is 1.24. The molecule has 0 saturated carbocycles. The van der Waals surface area contributed by atoms with Crippen LogP contribution in [0.1, 0.15) is 21.5 Å². The standard InChI is InChI=1S/C11H8N4S5/c16-6-4-2-1-3-5(6)7(8-12-14-10(17)19-8)9-13-15-11(18)20-9/h1-4,7,16H,(H,14,17)(H,15,18). The average Bonchev–Trinajstić information content (AvgIpc) is 3.02. The molecule has 0 aliphatic carbocycles. The van der Waals surface area contributed by atoms with Gasteiger partial charge in [0.2, 0.25) is 0 Å². The smallest absolute Gasteiger partial charge is 0.143 e. The summed E-state index contributed by atoms with van der Waals surface area (Å²) in [6, 6.07) is 7.85. The van der Waals surface area contributed by atoms with Crippen molar-refractivity contribution in [3.05, 3.63) is 39.8 Å². The molecule has 0 fully saturated rings. The van der Waals surface area contributed by atoms with Crippen LogP contribution in [0.2, 0.25) is 0 Å². The number of hydrogen-bond acceptors (Lipinski definition) is 9. The van der Waals surface area contributed by atoms with Crippen molar-refractivity contribution in [3.8, 4) is 0 Å². The molecule has 0 spiro atoms. The predicted octanol–water partition coefficient (Wildman–Crippen LogP) is 3.44. The second-order valence-corrected chi connectivity index (χ2v) is 7.79. The molecule has 20 heavy (non-hydrogen) atoms. The largest absolute Gasteiger partial charge is 0.171 e. The van der Waals surface area contributed by atoms with Crippen molar-refractivity contribution >= 4 is 60.6 Å². The second kappa shape index (κ2) is 6.02. The lowest BCUT2D eigenvalue weighted by Crippen LogP contribution is -2.04. The Bertz CT molecular complexity index is 698. The highest BCUT2D eigenvalue weighted by Crippen LogP contribution is 2.38. The van der Waals surface area contributed by atoms with E-state index in [1.165, 1.54) is 22.7 Å². The first-order valence-corrected chi connectivity index (χ1v) is 8.45. The number of benzene rings is 1. The molecule has 2 aromatic heterocycles. The lowest BCUT2D eigenvalue weighted by molar-refractivity contribution is 0.839. The van der Waals surface area contributed by atoms with Crippen LogP contribution in [-0.2, 0) is 0 Å². The van der Waals surface area contributed by atoms with Gasteiger partial charge >= 0.3 is 0 Å². The van der Waals surface area contributed by atoms with Crippen LogP contribution in [0.3, 0.4) is 0 Å². The molecule has 4 nitrogen and oxygen atoms in total. The molecule has 0 saturated heterocycles. The zero-order chi connectivity index (χ0) is 14.1. The van der Waals surface area contributed by atoms with Gasteiger partial charge in [-0.1, -0.05) is 40.9 Å². The van der Waals surface area contributed by atoms with Crippen molar-refractivity contribution in [2.75, 3.05) is 0 Å². The molecule has 0 radical (unpaired) electrons. The molecular formula is C11H8N4S5. The van der Waals surface area contributed by atoms with E-state index >= 15 is 0 Å². The van der Waals surface area contributed by atoms with E-state index in [4.69, 9.17) is 0 Å². The Balaban J connectivity index is 2.16. The van der Waals surface area contributed by atoms with Gasteiger partial charge in [0.1, 0.15) is 10.0 Å². The Labute approximate surface area is 139 Å². The van der Waals surface area contributed by atoms with Gasteiger partial charge in [-0.05, 0) is 11.6 Å². The van der Waals surface area contributed by atoms with Crippen LogP contribution in [0.4, 0.5) is 0 Å². The van der Waals surface area contributed by atoms with Gasteiger partial charge in [-0.25, -0.2) is 0 Å². The lowest BCUT2D eigenvalue weighted by Gasteiger charge is -2.13. The zero-order valence-electron chi connectivity index (χ0n) is 9.83. The number of thiol groups is 3. The maximum absolute atomic E-state index is 4.53. The molecule has 0 bridgehead atoms. The van der Waals surface area contributed by atoms with E-state index in [1.54, 1.807) is 0 Å². The quantitative estimate of drug-likeness (QED) is 0.629. The highest BCUT2D eigenvalue weighted by Gasteiger charge is 2.26. The molecule has 0 amide bonds. The van der Waals surface area contributed by atoms with Crippen LogP contribution in [-0.4, -0.2) is 20.4 Å². The maximum Gasteiger partial charge on any atom is 0.171 e. The molecule has 9 heteroatoms. The van der Waals surface area contributed by atoms with Crippen LogP contribution in [0, 0.1) is 0 Å². The van der Waals surface area contributed by atoms with Gasteiger partial charge in [0.15, 0.2) is 8.68 Å². The van der Waals surface area contributed by atoms with E-state index in [-0.39, 0.29) is 5.92 Å². The van der Waals surface area contributed by atoms with Gasteiger partial charge < -0.3 is 0 Å². The normalized spacial score (nSPS) is 11.2. The molecule has 0 aliphatic rings. The van der Waals surface area contributed by atoms with Crippen molar-refractivity contribution in [2.24, 2.45) is 0 Å². The number of nitrogens with zero attached hydrogens (tertiary/aromatic N) is 4. The molecule has 0 unspecified atom stereocenters. The van der Waals surface area contributed by atoms with Crippen molar-refractivity contribution < 1.29 is 0 Å². The molecule has 2 heterocycles. The second-order valence-electron chi connectivity index (χ2n) is 3.84. The summed E-state index contributed by atoms with van der Waals surface area (Å²) in [6.07, 6.45) is 0. The minimum absolute atomic E-state index is 0.138.